The molecule has 0 spiro atoms. The van der Waals surface area contributed by atoms with Crippen LogP contribution in [0.3, 0.4) is 0 Å². The summed E-state index contributed by atoms with van der Waals surface area (Å²) in [6.07, 6.45) is 5.12. The molecular formula is C10H21N. The third kappa shape index (κ3) is 6.11. The molecule has 0 saturated carbocycles. The van der Waals surface area contributed by atoms with E-state index < -0.39 is 0 Å². The molecule has 0 rings (SSSR count). The van der Waals surface area contributed by atoms with Gasteiger partial charge in [0.2, 0.25) is 0 Å². The monoisotopic (exact) mass is 155 g/mol. The molecule has 0 fully saturated rings. The molecule has 1 atom stereocenters. The third-order valence-electron chi connectivity index (χ3n) is 1.90. The first-order chi connectivity index (χ1) is 4.98. The summed E-state index contributed by atoms with van der Waals surface area (Å²) in [5.41, 5.74) is 5.97. The van der Waals surface area contributed by atoms with E-state index in [4.69, 9.17) is 5.73 Å². The SMILES string of the molecule is C=CCC(C)(N)CCC(C)C. The molecule has 0 saturated heterocycles. The van der Waals surface area contributed by atoms with E-state index >= 15 is 0 Å². The van der Waals surface area contributed by atoms with E-state index in [9.17, 15) is 0 Å². The zero-order chi connectivity index (χ0) is 8.91. The Bertz CT molecular complexity index is 114. The molecule has 0 aromatic heterocycles. The first kappa shape index (κ1) is 10.7. The molecule has 0 aromatic rings. The van der Waals surface area contributed by atoms with Gasteiger partial charge in [0.05, 0.1) is 0 Å². The van der Waals surface area contributed by atoms with Crippen molar-refractivity contribution in [2.75, 3.05) is 0 Å². The highest BCUT2D eigenvalue weighted by molar-refractivity contribution is 4.86. The lowest BCUT2D eigenvalue weighted by molar-refractivity contribution is 0.388. The van der Waals surface area contributed by atoms with E-state index in [0.717, 1.165) is 18.8 Å². The Morgan fingerprint density at radius 1 is 1.55 bits per heavy atom. The molecular weight excluding hydrogens is 134 g/mol. The van der Waals surface area contributed by atoms with Crippen LogP contribution in [-0.4, -0.2) is 5.54 Å². The topological polar surface area (TPSA) is 26.0 Å². The summed E-state index contributed by atoms with van der Waals surface area (Å²) in [7, 11) is 0. The van der Waals surface area contributed by atoms with Gasteiger partial charge in [0.25, 0.3) is 0 Å². The maximum atomic E-state index is 6.00. The second kappa shape index (κ2) is 4.55. The van der Waals surface area contributed by atoms with E-state index in [-0.39, 0.29) is 5.54 Å². The van der Waals surface area contributed by atoms with Crippen LogP contribution < -0.4 is 5.73 Å². The molecule has 1 heteroatoms. The van der Waals surface area contributed by atoms with Crippen LogP contribution in [-0.2, 0) is 0 Å². The van der Waals surface area contributed by atoms with Crippen molar-refractivity contribution in [2.24, 2.45) is 11.7 Å². The molecule has 11 heavy (non-hydrogen) atoms. The number of hydrogen-bond donors (Lipinski definition) is 1. The van der Waals surface area contributed by atoms with Crippen molar-refractivity contribution < 1.29 is 0 Å². The summed E-state index contributed by atoms with van der Waals surface area (Å²) < 4.78 is 0. The van der Waals surface area contributed by atoms with Crippen LogP contribution in [0.15, 0.2) is 12.7 Å². The molecule has 0 aliphatic carbocycles. The van der Waals surface area contributed by atoms with Crippen molar-refractivity contribution in [3.8, 4) is 0 Å². The maximum Gasteiger partial charge on any atom is 0.0160 e. The van der Waals surface area contributed by atoms with Gasteiger partial charge in [-0.25, -0.2) is 0 Å². The average Bonchev–Trinajstić information content (AvgIpc) is 1.84. The molecule has 0 bridgehead atoms. The molecule has 2 N–H and O–H groups in total. The largest absolute Gasteiger partial charge is 0.325 e. The third-order valence-corrected chi connectivity index (χ3v) is 1.90. The summed E-state index contributed by atoms with van der Waals surface area (Å²) in [6, 6.07) is 0. The van der Waals surface area contributed by atoms with Crippen molar-refractivity contribution in [2.45, 2.75) is 45.6 Å². The van der Waals surface area contributed by atoms with Crippen molar-refractivity contribution >= 4 is 0 Å². The van der Waals surface area contributed by atoms with Gasteiger partial charge in [-0.3, -0.25) is 0 Å². The van der Waals surface area contributed by atoms with Crippen LogP contribution in [0.4, 0.5) is 0 Å². The van der Waals surface area contributed by atoms with E-state index in [1.807, 2.05) is 6.08 Å². The summed E-state index contributed by atoms with van der Waals surface area (Å²) in [6.45, 7) is 10.2. The molecule has 1 nitrogen and oxygen atoms in total. The van der Waals surface area contributed by atoms with Crippen molar-refractivity contribution in [3.05, 3.63) is 12.7 Å². The van der Waals surface area contributed by atoms with E-state index in [1.54, 1.807) is 0 Å². The van der Waals surface area contributed by atoms with E-state index in [0.29, 0.717) is 0 Å². The minimum Gasteiger partial charge on any atom is -0.325 e. The molecule has 0 amide bonds. The first-order valence-electron chi connectivity index (χ1n) is 4.38. The van der Waals surface area contributed by atoms with Crippen molar-refractivity contribution in [3.63, 3.8) is 0 Å². The molecule has 0 aliphatic heterocycles. The highest BCUT2D eigenvalue weighted by atomic mass is 14.7. The van der Waals surface area contributed by atoms with Crippen molar-refractivity contribution in [1.82, 2.24) is 0 Å². The van der Waals surface area contributed by atoms with Crippen LogP contribution in [0.25, 0.3) is 0 Å². The first-order valence-corrected chi connectivity index (χ1v) is 4.38. The Balaban J connectivity index is 3.62. The lowest BCUT2D eigenvalue weighted by Gasteiger charge is -2.23. The number of rotatable bonds is 5. The predicted octanol–water partition coefficient (Wildman–Crippen LogP) is 2.72. The van der Waals surface area contributed by atoms with E-state index in [1.165, 1.54) is 6.42 Å². The molecule has 0 radical (unpaired) electrons. The molecule has 66 valence electrons. The summed E-state index contributed by atoms with van der Waals surface area (Å²) >= 11 is 0. The maximum absolute atomic E-state index is 6.00. The Kier molecular flexibility index (Phi) is 4.43. The number of hydrogen-bond acceptors (Lipinski definition) is 1. The quantitative estimate of drug-likeness (QED) is 0.607. The van der Waals surface area contributed by atoms with Crippen LogP contribution in [0, 0.1) is 5.92 Å². The highest BCUT2D eigenvalue weighted by Gasteiger charge is 2.15. The second-order valence-corrected chi connectivity index (χ2v) is 4.08. The standard InChI is InChI=1S/C10H21N/c1-5-7-10(4,11)8-6-9(2)3/h5,9H,1,6-8,11H2,2-4H3. The van der Waals surface area contributed by atoms with Gasteiger partial charge in [-0.2, -0.15) is 0 Å². The van der Waals surface area contributed by atoms with E-state index in [2.05, 4.69) is 27.4 Å². The van der Waals surface area contributed by atoms with Gasteiger partial charge in [0.1, 0.15) is 0 Å². The fraction of sp³-hybridized carbons (Fsp3) is 0.800. The van der Waals surface area contributed by atoms with Gasteiger partial charge in [-0.05, 0) is 32.1 Å². The molecule has 0 aliphatic rings. The van der Waals surface area contributed by atoms with Gasteiger partial charge in [0, 0.05) is 5.54 Å². The summed E-state index contributed by atoms with van der Waals surface area (Å²) in [5, 5.41) is 0. The van der Waals surface area contributed by atoms with Crippen LogP contribution in [0.5, 0.6) is 0 Å². The summed E-state index contributed by atoms with van der Waals surface area (Å²) in [4.78, 5) is 0. The molecule has 0 heterocycles. The Hall–Kier alpha value is -0.300. The minimum atomic E-state index is -0.0357. The minimum absolute atomic E-state index is 0.0357. The predicted molar refractivity (Wildman–Crippen MR) is 51.5 cm³/mol. The van der Waals surface area contributed by atoms with Gasteiger partial charge < -0.3 is 5.73 Å². The average molecular weight is 155 g/mol. The lowest BCUT2D eigenvalue weighted by Crippen LogP contribution is -2.35. The smallest absolute Gasteiger partial charge is 0.0160 e. The van der Waals surface area contributed by atoms with Gasteiger partial charge >= 0.3 is 0 Å². The summed E-state index contributed by atoms with van der Waals surface area (Å²) in [5.74, 6) is 0.752. The second-order valence-electron chi connectivity index (χ2n) is 4.08. The lowest BCUT2D eigenvalue weighted by atomic mass is 9.90. The Morgan fingerprint density at radius 3 is 2.45 bits per heavy atom. The van der Waals surface area contributed by atoms with Crippen LogP contribution in [0.2, 0.25) is 0 Å². The normalized spacial score (nSPS) is 16.5. The van der Waals surface area contributed by atoms with Crippen LogP contribution >= 0.6 is 0 Å². The molecule has 0 aromatic carbocycles. The Labute approximate surface area is 70.7 Å². The zero-order valence-electron chi connectivity index (χ0n) is 8.06. The fourth-order valence-electron chi connectivity index (χ4n) is 1.05. The number of nitrogens with two attached hydrogens (primary N) is 1. The van der Waals surface area contributed by atoms with Crippen LogP contribution in [0.1, 0.15) is 40.0 Å². The van der Waals surface area contributed by atoms with Gasteiger partial charge in [-0.15, -0.1) is 6.58 Å². The van der Waals surface area contributed by atoms with Gasteiger partial charge in [0.15, 0.2) is 0 Å². The van der Waals surface area contributed by atoms with Crippen molar-refractivity contribution in [1.29, 1.82) is 0 Å². The zero-order valence-corrected chi connectivity index (χ0v) is 8.06. The Morgan fingerprint density at radius 2 is 2.09 bits per heavy atom. The highest BCUT2D eigenvalue weighted by Crippen LogP contribution is 2.17. The van der Waals surface area contributed by atoms with Gasteiger partial charge in [-0.1, -0.05) is 19.9 Å². The fourth-order valence-corrected chi connectivity index (χ4v) is 1.05. The molecule has 1 unspecified atom stereocenters.